The molecule has 0 aliphatic carbocycles. The third-order valence-electron chi connectivity index (χ3n) is 4.22. The van der Waals surface area contributed by atoms with Crippen molar-refractivity contribution in [3.63, 3.8) is 0 Å². The molecule has 0 radical (unpaired) electrons. The maximum absolute atomic E-state index is 11.3. The van der Waals surface area contributed by atoms with Crippen LogP contribution in [0.25, 0.3) is 17.1 Å². The average Bonchev–Trinajstić information content (AvgIpc) is 3.11. The summed E-state index contributed by atoms with van der Waals surface area (Å²) >= 11 is 1.26. The zero-order chi connectivity index (χ0) is 20.3. The van der Waals surface area contributed by atoms with Crippen molar-refractivity contribution in [1.82, 2.24) is 14.8 Å². The van der Waals surface area contributed by atoms with Gasteiger partial charge in [-0.05, 0) is 49.2 Å². The second-order valence-electron chi connectivity index (χ2n) is 6.26. The summed E-state index contributed by atoms with van der Waals surface area (Å²) in [5.74, 6) is 1.58. The van der Waals surface area contributed by atoms with Crippen molar-refractivity contribution in [3.8, 4) is 28.6 Å². The number of carbonyl (C=O) groups excluding carboxylic acids is 1. The van der Waals surface area contributed by atoms with Crippen molar-refractivity contribution in [2.75, 3.05) is 20.0 Å². The van der Waals surface area contributed by atoms with Crippen LogP contribution in [-0.4, -0.2) is 40.6 Å². The molecule has 2 aromatic carbocycles. The highest BCUT2D eigenvalue weighted by Gasteiger charge is 2.19. The van der Waals surface area contributed by atoms with Crippen molar-refractivity contribution in [2.24, 2.45) is 5.73 Å². The summed E-state index contributed by atoms with van der Waals surface area (Å²) in [7, 11) is 3.18. The minimum atomic E-state index is -0.409. The van der Waals surface area contributed by atoms with Gasteiger partial charge in [0.15, 0.2) is 22.5 Å². The van der Waals surface area contributed by atoms with E-state index in [1.807, 2.05) is 42.7 Å². The highest BCUT2D eigenvalue weighted by Crippen LogP contribution is 2.35. The molecule has 0 aliphatic heterocycles. The quantitative estimate of drug-likeness (QED) is 0.615. The Hall–Kier alpha value is -3.00. The van der Waals surface area contributed by atoms with Crippen LogP contribution in [0.15, 0.2) is 41.6 Å². The van der Waals surface area contributed by atoms with Crippen LogP contribution in [-0.2, 0) is 4.79 Å². The van der Waals surface area contributed by atoms with E-state index in [0.29, 0.717) is 22.5 Å². The van der Waals surface area contributed by atoms with Gasteiger partial charge in [-0.15, -0.1) is 10.2 Å². The number of methoxy groups -OCH3 is 2. The van der Waals surface area contributed by atoms with Crippen molar-refractivity contribution in [1.29, 1.82) is 0 Å². The Kier molecular flexibility index (Phi) is 5.89. The lowest BCUT2D eigenvalue weighted by molar-refractivity contribution is -0.115. The van der Waals surface area contributed by atoms with Crippen LogP contribution in [0.2, 0.25) is 0 Å². The van der Waals surface area contributed by atoms with Gasteiger partial charge in [-0.1, -0.05) is 23.9 Å². The Morgan fingerprint density at radius 2 is 1.82 bits per heavy atom. The minimum absolute atomic E-state index is 0.120. The number of nitrogens with two attached hydrogens (primary N) is 1. The number of nitrogens with zero attached hydrogens (tertiary/aromatic N) is 3. The number of carbonyl (C=O) groups is 1. The predicted octanol–water partition coefficient (Wildman–Crippen LogP) is 3.15. The van der Waals surface area contributed by atoms with Crippen LogP contribution in [0.4, 0.5) is 0 Å². The van der Waals surface area contributed by atoms with E-state index >= 15 is 0 Å². The van der Waals surface area contributed by atoms with Gasteiger partial charge in [-0.25, -0.2) is 0 Å². The number of primary amides is 1. The number of hydrogen-bond donors (Lipinski definition) is 1. The fraction of sp³-hybridized carbons (Fsp3) is 0.250. The van der Waals surface area contributed by atoms with E-state index in [0.717, 1.165) is 22.4 Å². The number of amides is 1. The number of rotatable bonds is 7. The molecule has 28 heavy (non-hydrogen) atoms. The number of benzene rings is 2. The molecule has 3 rings (SSSR count). The Labute approximate surface area is 167 Å². The average molecular weight is 398 g/mol. The molecule has 8 heteroatoms. The summed E-state index contributed by atoms with van der Waals surface area (Å²) in [5, 5.41) is 9.29. The molecule has 0 bridgehead atoms. The molecule has 3 aromatic rings. The third-order valence-corrected chi connectivity index (χ3v) is 5.18. The van der Waals surface area contributed by atoms with Crippen molar-refractivity contribution in [2.45, 2.75) is 19.0 Å². The molecule has 1 amide bonds. The maximum atomic E-state index is 11.3. The molecule has 1 heterocycles. The number of thioether (sulfide) groups is 1. The number of hydrogen-bond acceptors (Lipinski definition) is 6. The van der Waals surface area contributed by atoms with Crippen LogP contribution in [0.1, 0.15) is 11.1 Å². The molecular formula is C20H22N4O3S. The molecule has 1 aromatic heterocycles. The molecule has 0 fully saturated rings. The number of aromatic nitrogens is 3. The van der Waals surface area contributed by atoms with E-state index in [1.165, 1.54) is 11.8 Å². The lowest BCUT2D eigenvalue weighted by Gasteiger charge is -2.14. The Balaban J connectivity index is 2.19. The Bertz CT molecular complexity index is 1020. The van der Waals surface area contributed by atoms with E-state index < -0.39 is 5.91 Å². The second kappa shape index (κ2) is 8.35. The molecule has 0 aliphatic rings. The fourth-order valence-corrected chi connectivity index (χ4v) is 3.52. The zero-order valence-corrected chi connectivity index (χ0v) is 17.0. The predicted molar refractivity (Wildman–Crippen MR) is 109 cm³/mol. The first-order chi connectivity index (χ1) is 13.4. The smallest absolute Gasteiger partial charge is 0.227 e. The van der Waals surface area contributed by atoms with Gasteiger partial charge in [-0.2, -0.15) is 0 Å². The number of aryl methyl sites for hydroxylation is 2. The van der Waals surface area contributed by atoms with E-state index in [4.69, 9.17) is 15.2 Å². The summed E-state index contributed by atoms with van der Waals surface area (Å²) < 4.78 is 12.7. The van der Waals surface area contributed by atoms with Crippen LogP contribution < -0.4 is 15.2 Å². The molecular weight excluding hydrogens is 376 g/mol. The van der Waals surface area contributed by atoms with Gasteiger partial charge in [0.1, 0.15) is 0 Å². The molecule has 0 saturated heterocycles. The molecule has 2 N–H and O–H groups in total. The SMILES string of the molecule is COc1ccc(-c2nnc(SCC(N)=O)n2-c2cc(C)ccc2C)cc1OC. The summed E-state index contributed by atoms with van der Waals surface area (Å²) in [6.07, 6.45) is 0. The van der Waals surface area contributed by atoms with Crippen molar-refractivity contribution < 1.29 is 14.3 Å². The van der Waals surface area contributed by atoms with Crippen molar-refractivity contribution >= 4 is 17.7 Å². The van der Waals surface area contributed by atoms with Gasteiger partial charge in [0.05, 0.1) is 25.7 Å². The Morgan fingerprint density at radius 3 is 2.50 bits per heavy atom. The maximum Gasteiger partial charge on any atom is 0.227 e. The first kappa shape index (κ1) is 19.8. The van der Waals surface area contributed by atoms with E-state index in [2.05, 4.69) is 22.3 Å². The molecule has 0 unspecified atom stereocenters. The van der Waals surface area contributed by atoms with E-state index in [9.17, 15) is 4.79 Å². The summed E-state index contributed by atoms with van der Waals surface area (Å²) in [6.45, 7) is 4.05. The van der Waals surface area contributed by atoms with Crippen LogP contribution >= 0.6 is 11.8 Å². The minimum Gasteiger partial charge on any atom is -0.493 e. The first-order valence-corrected chi connectivity index (χ1v) is 9.59. The summed E-state index contributed by atoms with van der Waals surface area (Å²) in [4.78, 5) is 11.3. The molecule has 7 nitrogen and oxygen atoms in total. The third kappa shape index (κ3) is 3.96. The summed E-state index contributed by atoms with van der Waals surface area (Å²) in [6, 6.07) is 11.7. The zero-order valence-electron chi connectivity index (χ0n) is 16.2. The van der Waals surface area contributed by atoms with E-state index in [1.54, 1.807) is 14.2 Å². The highest BCUT2D eigenvalue weighted by molar-refractivity contribution is 7.99. The van der Waals surface area contributed by atoms with Gasteiger partial charge < -0.3 is 15.2 Å². The highest BCUT2D eigenvalue weighted by atomic mass is 32.2. The number of ether oxygens (including phenoxy) is 2. The standard InChI is InChI=1S/C20H22N4O3S/c1-12-5-6-13(2)15(9-12)24-19(22-23-20(24)28-11-18(21)25)14-7-8-16(26-3)17(10-14)27-4/h5-10H,11H2,1-4H3,(H2,21,25). The van der Waals surface area contributed by atoms with Crippen LogP contribution in [0, 0.1) is 13.8 Å². The van der Waals surface area contributed by atoms with Gasteiger partial charge in [-0.3, -0.25) is 9.36 Å². The fourth-order valence-electron chi connectivity index (χ4n) is 2.84. The molecule has 0 atom stereocenters. The molecule has 0 saturated carbocycles. The van der Waals surface area contributed by atoms with Gasteiger partial charge in [0.25, 0.3) is 0 Å². The Morgan fingerprint density at radius 1 is 1.07 bits per heavy atom. The second-order valence-corrected chi connectivity index (χ2v) is 7.20. The molecule has 0 spiro atoms. The first-order valence-electron chi connectivity index (χ1n) is 8.61. The van der Waals surface area contributed by atoms with Crippen molar-refractivity contribution in [3.05, 3.63) is 47.5 Å². The van der Waals surface area contributed by atoms with E-state index in [-0.39, 0.29) is 5.75 Å². The van der Waals surface area contributed by atoms with Gasteiger partial charge in [0.2, 0.25) is 5.91 Å². The lowest BCUT2D eigenvalue weighted by Crippen LogP contribution is -2.14. The topological polar surface area (TPSA) is 92.3 Å². The monoisotopic (exact) mass is 398 g/mol. The van der Waals surface area contributed by atoms with Gasteiger partial charge >= 0.3 is 0 Å². The van der Waals surface area contributed by atoms with Gasteiger partial charge in [0, 0.05) is 5.56 Å². The normalized spacial score (nSPS) is 10.7. The molecule has 146 valence electrons. The lowest BCUT2D eigenvalue weighted by atomic mass is 10.1. The van der Waals surface area contributed by atoms with Crippen LogP contribution in [0.3, 0.4) is 0 Å². The largest absolute Gasteiger partial charge is 0.493 e. The van der Waals surface area contributed by atoms with Crippen LogP contribution in [0.5, 0.6) is 11.5 Å². The summed E-state index contributed by atoms with van der Waals surface area (Å²) in [5.41, 5.74) is 9.26.